The minimum absolute atomic E-state index is 0.149. The lowest BCUT2D eigenvalue weighted by Gasteiger charge is -2.03. The van der Waals surface area contributed by atoms with Gasteiger partial charge < -0.3 is 14.3 Å². The number of benzene rings is 1. The van der Waals surface area contributed by atoms with E-state index in [9.17, 15) is 8.78 Å². The van der Waals surface area contributed by atoms with Crippen LogP contribution in [0.2, 0.25) is 0 Å². The molecule has 0 saturated carbocycles. The molecule has 0 saturated heterocycles. The van der Waals surface area contributed by atoms with Gasteiger partial charge in [-0.1, -0.05) is 5.16 Å². The molecule has 0 amide bonds. The lowest BCUT2D eigenvalue weighted by Crippen LogP contribution is -2.00. The molecule has 102 valence electrons. The van der Waals surface area contributed by atoms with Gasteiger partial charge in [0.05, 0.1) is 12.8 Å². The van der Waals surface area contributed by atoms with Gasteiger partial charge in [-0.05, 0) is 24.3 Å². The van der Waals surface area contributed by atoms with Crippen LogP contribution in [-0.4, -0.2) is 10.1 Å². The molecule has 0 aliphatic heterocycles. The average Bonchev–Trinajstić information content (AvgIpc) is 3.06. The van der Waals surface area contributed by atoms with E-state index in [-0.39, 0.29) is 12.4 Å². The molecule has 0 spiro atoms. The Morgan fingerprint density at radius 1 is 1.15 bits per heavy atom. The smallest absolute Gasteiger partial charge is 0.246 e. The van der Waals surface area contributed by atoms with E-state index in [1.54, 1.807) is 12.1 Å². The van der Waals surface area contributed by atoms with Crippen LogP contribution in [0.25, 0.3) is 11.6 Å². The standard InChI is InChI=1S/C13H9F2N3O2/c14-8-4-9(15)6-10(5-8)16-7-12-17-13(18-20-12)11-2-1-3-19-11/h1-6,16H,7H2. The molecule has 3 aromatic rings. The maximum atomic E-state index is 13.0. The first-order chi connectivity index (χ1) is 9.70. The van der Waals surface area contributed by atoms with Crippen LogP contribution in [-0.2, 0) is 6.54 Å². The summed E-state index contributed by atoms with van der Waals surface area (Å²) in [4.78, 5) is 4.09. The van der Waals surface area contributed by atoms with Crippen molar-refractivity contribution in [2.24, 2.45) is 0 Å². The first kappa shape index (κ1) is 12.3. The van der Waals surface area contributed by atoms with Gasteiger partial charge in [0.15, 0.2) is 5.76 Å². The van der Waals surface area contributed by atoms with Gasteiger partial charge in [0.25, 0.3) is 0 Å². The highest BCUT2D eigenvalue weighted by Crippen LogP contribution is 2.17. The topological polar surface area (TPSA) is 64.1 Å². The number of anilines is 1. The summed E-state index contributed by atoms with van der Waals surface area (Å²) in [5.41, 5.74) is 0.292. The molecule has 0 unspecified atom stereocenters. The van der Waals surface area contributed by atoms with Gasteiger partial charge in [0.2, 0.25) is 11.7 Å². The first-order valence-corrected chi connectivity index (χ1v) is 5.77. The highest BCUT2D eigenvalue weighted by molar-refractivity contribution is 5.46. The summed E-state index contributed by atoms with van der Waals surface area (Å²) in [5, 5.41) is 6.53. The van der Waals surface area contributed by atoms with Crippen LogP contribution in [0, 0.1) is 11.6 Å². The Morgan fingerprint density at radius 2 is 1.95 bits per heavy atom. The minimum Gasteiger partial charge on any atom is -0.461 e. The Kier molecular flexibility index (Phi) is 3.16. The molecular weight excluding hydrogens is 268 g/mol. The molecule has 0 radical (unpaired) electrons. The van der Waals surface area contributed by atoms with E-state index < -0.39 is 11.6 Å². The number of hydrogen-bond donors (Lipinski definition) is 1. The number of hydrogen-bond acceptors (Lipinski definition) is 5. The second-order valence-electron chi connectivity index (χ2n) is 4.00. The van der Waals surface area contributed by atoms with Crippen molar-refractivity contribution in [1.29, 1.82) is 0 Å². The predicted octanol–water partition coefficient (Wildman–Crippen LogP) is 3.22. The third-order valence-electron chi connectivity index (χ3n) is 2.52. The fourth-order valence-electron chi connectivity index (χ4n) is 1.67. The molecule has 5 nitrogen and oxygen atoms in total. The third kappa shape index (κ3) is 2.66. The van der Waals surface area contributed by atoms with E-state index in [4.69, 9.17) is 8.94 Å². The van der Waals surface area contributed by atoms with Crippen LogP contribution in [0.1, 0.15) is 5.89 Å². The Morgan fingerprint density at radius 3 is 2.65 bits per heavy atom. The van der Waals surface area contributed by atoms with E-state index in [2.05, 4.69) is 15.5 Å². The van der Waals surface area contributed by atoms with Gasteiger partial charge in [-0.15, -0.1) is 0 Å². The van der Waals surface area contributed by atoms with Crippen molar-refractivity contribution in [2.45, 2.75) is 6.54 Å². The largest absolute Gasteiger partial charge is 0.461 e. The zero-order valence-corrected chi connectivity index (χ0v) is 10.1. The summed E-state index contributed by atoms with van der Waals surface area (Å²) < 4.78 is 36.1. The van der Waals surface area contributed by atoms with Crippen molar-refractivity contribution < 1.29 is 17.7 Å². The summed E-state index contributed by atoms with van der Waals surface area (Å²) in [7, 11) is 0. The second-order valence-corrected chi connectivity index (χ2v) is 4.00. The molecule has 0 fully saturated rings. The van der Waals surface area contributed by atoms with E-state index in [0.29, 0.717) is 17.3 Å². The molecule has 1 N–H and O–H groups in total. The molecule has 0 aliphatic carbocycles. The first-order valence-electron chi connectivity index (χ1n) is 5.77. The predicted molar refractivity (Wildman–Crippen MR) is 65.7 cm³/mol. The fraction of sp³-hybridized carbons (Fsp3) is 0.0769. The molecule has 0 atom stereocenters. The van der Waals surface area contributed by atoms with Crippen LogP contribution in [0.4, 0.5) is 14.5 Å². The van der Waals surface area contributed by atoms with Crippen molar-refractivity contribution in [2.75, 3.05) is 5.32 Å². The number of nitrogens with zero attached hydrogens (tertiary/aromatic N) is 2. The molecule has 0 bridgehead atoms. The normalized spacial score (nSPS) is 10.7. The van der Waals surface area contributed by atoms with Gasteiger partial charge in [-0.3, -0.25) is 0 Å². The number of furan rings is 1. The fourth-order valence-corrected chi connectivity index (χ4v) is 1.67. The minimum atomic E-state index is -0.658. The van der Waals surface area contributed by atoms with Crippen molar-refractivity contribution in [1.82, 2.24) is 10.1 Å². The maximum Gasteiger partial charge on any atom is 0.246 e. The lowest BCUT2D eigenvalue weighted by molar-refractivity contribution is 0.382. The Hall–Kier alpha value is -2.70. The summed E-state index contributed by atoms with van der Waals surface area (Å²) >= 11 is 0. The molecule has 0 aliphatic rings. The van der Waals surface area contributed by atoms with Crippen molar-refractivity contribution in [3.8, 4) is 11.6 Å². The third-order valence-corrected chi connectivity index (χ3v) is 2.52. The van der Waals surface area contributed by atoms with Gasteiger partial charge in [0.1, 0.15) is 11.6 Å². The molecule has 2 aromatic heterocycles. The van der Waals surface area contributed by atoms with Crippen molar-refractivity contribution in [3.05, 3.63) is 54.1 Å². The number of halogens is 2. The average molecular weight is 277 g/mol. The Bertz CT molecular complexity index is 690. The van der Waals surface area contributed by atoms with Crippen molar-refractivity contribution in [3.63, 3.8) is 0 Å². The zero-order chi connectivity index (χ0) is 13.9. The molecular formula is C13H9F2N3O2. The highest BCUT2D eigenvalue weighted by atomic mass is 19.1. The van der Waals surface area contributed by atoms with Crippen LogP contribution in [0.3, 0.4) is 0 Å². The van der Waals surface area contributed by atoms with Crippen LogP contribution < -0.4 is 5.32 Å². The van der Waals surface area contributed by atoms with E-state index in [0.717, 1.165) is 6.07 Å². The van der Waals surface area contributed by atoms with Gasteiger partial charge in [-0.25, -0.2) is 8.78 Å². The van der Waals surface area contributed by atoms with Crippen LogP contribution in [0.15, 0.2) is 45.5 Å². The molecule has 1 aromatic carbocycles. The lowest BCUT2D eigenvalue weighted by atomic mass is 10.3. The summed E-state index contributed by atoms with van der Waals surface area (Å²) in [5.74, 6) is -0.237. The molecule has 20 heavy (non-hydrogen) atoms. The van der Waals surface area contributed by atoms with Gasteiger partial charge >= 0.3 is 0 Å². The van der Waals surface area contributed by atoms with E-state index in [1.807, 2.05) is 0 Å². The molecule has 3 rings (SSSR count). The summed E-state index contributed by atoms with van der Waals surface area (Å²) in [6.45, 7) is 0.149. The van der Waals surface area contributed by atoms with Gasteiger partial charge in [-0.2, -0.15) is 4.98 Å². The molecule has 7 heteroatoms. The van der Waals surface area contributed by atoms with Crippen molar-refractivity contribution >= 4 is 5.69 Å². The maximum absolute atomic E-state index is 13.0. The van der Waals surface area contributed by atoms with E-state index >= 15 is 0 Å². The Labute approximate surface area is 112 Å². The van der Waals surface area contributed by atoms with Crippen LogP contribution >= 0.6 is 0 Å². The van der Waals surface area contributed by atoms with E-state index in [1.165, 1.54) is 18.4 Å². The number of rotatable bonds is 4. The quantitative estimate of drug-likeness (QED) is 0.793. The van der Waals surface area contributed by atoms with Gasteiger partial charge in [0, 0.05) is 11.8 Å². The number of nitrogens with one attached hydrogen (secondary N) is 1. The monoisotopic (exact) mass is 277 g/mol. The Balaban J connectivity index is 1.69. The number of aromatic nitrogens is 2. The molecule has 2 heterocycles. The second kappa shape index (κ2) is 5.12. The van der Waals surface area contributed by atoms with Crippen LogP contribution in [0.5, 0.6) is 0 Å². The SMILES string of the molecule is Fc1cc(F)cc(NCc2nc(-c3ccco3)no2)c1. The summed E-state index contributed by atoms with van der Waals surface area (Å²) in [6.07, 6.45) is 1.50. The summed E-state index contributed by atoms with van der Waals surface area (Å²) in [6, 6.07) is 6.55. The zero-order valence-electron chi connectivity index (χ0n) is 10.1. The highest BCUT2D eigenvalue weighted by Gasteiger charge is 2.10.